The molecular formula is C49H36N4. The molecule has 7 aromatic carbocycles. The average Bonchev–Trinajstić information content (AvgIpc) is 3.84. The predicted molar refractivity (Wildman–Crippen MR) is 220 cm³/mol. The molecule has 0 saturated heterocycles. The zero-order valence-corrected chi connectivity index (χ0v) is 29.7. The van der Waals surface area contributed by atoms with Crippen LogP contribution in [0, 0.1) is 0 Å². The fourth-order valence-electron chi connectivity index (χ4n) is 8.88. The Morgan fingerprint density at radius 1 is 0.547 bits per heavy atom. The highest BCUT2D eigenvalue weighted by Gasteiger charge is 2.38. The molecule has 4 heteroatoms. The molecule has 11 rings (SSSR count). The van der Waals surface area contributed by atoms with Crippen molar-refractivity contribution in [1.82, 2.24) is 19.1 Å². The van der Waals surface area contributed by atoms with Crippen molar-refractivity contribution in [2.45, 2.75) is 31.7 Å². The van der Waals surface area contributed by atoms with Crippen LogP contribution in [0.15, 0.2) is 164 Å². The quantitative estimate of drug-likeness (QED) is 0.185. The number of nitrogens with zero attached hydrogens (tertiary/aromatic N) is 4. The summed E-state index contributed by atoms with van der Waals surface area (Å²) in [5.74, 6) is 1.96. The number of allylic oxidation sites excluding steroid dienone is 4. The number of imidazole rings is 2. The maximum absolute atomic E-state index is 5.43. The van der Waals surface area contributed by atoms with Crippen molar-refractivity contribution in [3.8, 4) is 39.6 Å². The van der Waals surface area contributed by atoms with Gasteiger partial charge in [-0.25, -0.2) is 9.97 Å². The Hall–Kier alpha value is -6.52. The lowest BCUT2D eigenvalue weighted by molar-refractivity contribution is 0.628. The fraction of sp³-hybridized carbons (Fsp3) is 0.102. The van der Waals surface area contributed by atoms with Gasteiger partial charge in [0, 0.05) is 22.2 Å². The molecule has 4 nitrogen and oxygen atoms in total. The van der Waals surface area contributed by atoms with E-state index in [1.54, 1.807) is 0 Å². The van der Waals surface area contributed by atoms with Gasteiger partial charge in [-0.05, 0) is 98.8 Å². The van der Waals surface area contributed by atoms with E-state index in [0.29, 0.717) is 0 Å². The van der Waals surface area contributed by atoms with E-state index in [0.717, 1.165) is 51.4 Å². The summed E-state index contributed by atoms with van der Waals surface area (Å²) in [6.07, 6.45) is 9.83. The van der Waals surface area contributed by atoms with Crippen molar-refractivity contribution in [1.29, 1.82) is 0 Å². The fourth-order valence-corrected chi connectivity index (χ4v) is 8.88. The number of fused-ring (bicyclic) bond motifs is 7. The first-order chi connectivity index (χ1) is 26.0. The molecule has 2 aliphatic carbocycles. The summed E-state index contributed by atoms with van der Waals surface area (Å²) in [5.41, 5.74) is 12.5. The molecule has 0 bridgehead atoms. The monoisotopic (exact) mass is 680 g/mol. The van der Waals surface area contributed by atoms with Crippen LogP contribution in [-0.4, -0.2) is 19.1 Å². The molecular weight excluding hydrogens is 645 g/mol. The van der Waals surface area contributed by atoms with Crippen LogP contribution < -0.4 is 0 Å². The molecule has 1 atom stereocenters. The van der Waals surface area contributed by atoms with Crippen molar-refractivity contribution < 1.29 is 0 Å². The summed E-state index contributed by atoms with van der Waals surface area (Å²) >= 11 is 0. The van der Waals surface area contributed by atoms with Crippen LogP contribution >= 0.6 is 0 Å². The molecule has 1 unspecified atom stereocenters. The van der Waals surface area contributed by atoms with Gasteiger partial charge in [0.15, 0.2) is 0 Å². The molecule has 0 amide bonds. The summed E-state index contributed by atoms with van der Waals surface area (Å²) in [5, 5.41) is 4.90. The lowest BCUT2D eigenvalue weighted by Crippen LogP contribution is -2.15. The van der Waals surface area contributed by atoms with Gasteiger partial charge in [0.1, 0.15) is 11.6 Å². The molecule has 0 aliphatic heterocycles. The van der Waals surface area contributed by atoms with Crippen molar-refractivity contribution in [3.05, 3.63) is 175 Å². The van der Waals surface area contributed by atoms with E-state index < -0.39 is 0 Å². The van der Waals surface area contributed by atoms with Gasteiger partial charge in [0.25, 0.3) is 0 Å². The first-order valence-electron chi connectivity index (χ1n) is 18.5. The third-order valence-corrected chi connectivity index (χ3v) is 11.6. The first kappa shape index (κ1) is 30.1. The molecule has 53 heavy (non-hydrogen) atoms. The molecule has 252 valence electrons. The molecule has 0 fully saturated rings. The van der Waals surface area contributed by atoms with E-state index in [4.69, 9.17) is 9.97 Å². The normalized spacial score (nSPS) is 15.8. The second kappa shape index (κ2) is 11.2. The Kier molecular flexibility index (Phi) is 6.39. The molecule has 2 heterocycles. The zero-order valence-electron chi connectivity index (χ0n) is 29.7. The standard InChI is InChI=1S/C49H36N4/c1-49(2)41-29-45-43(50-47(52(45)37-17-5-3-6-18-37)35-23-21-31-13-9-11-15-33(31)25-35)27-39(41)40-28-44-46(30-42(40)49)53(38-19-7-4-8-20-38)48(51-44)36-24-22-32-14-10-12-16-34(32)26-36/h3-19,21-30,38H,20H2,1-2H3. The van der Waals surface area contributed by atoms with Gasteiger partial charge in [0.05, 0.1) is 28.1 Å². The molecule has 9 aromatic rings. The summed E-state index contributed by atoms with van der Waals surface area (Å²) in [6, 6.07) is 50.8. The summed E-state index contributed by atoms with van der Waals surface area (Å²) in [4.78, 5) is 10.8. The zero-order chi connectivity index (χ0) is 35.3. The van der Waals surface area contributed by atoms with Crippen LogP contribution in [0.4, 0.5) is 0 Å². The Morgan fingerprint density at radius 3 is 1.75 bits per heavy atom. The minimum absolute atomic E-state index is 0.183. The Balaban J connectivity index is 1.13. The number of benzene rings is 7. The summed E-state index contributed by atoms with van der Waals surface area (Å²) < 4.78 is 4.81. The predicted octanol–water partition coefficient (Wildman–Crippen LogP) is 12.4. The summed E-state index contributed by atoms with van der Waals surface area (Å²) in [6.45, 7) is 4.74. The topological polar surface area (TPSA) is 35.6 Å². The van der Waals surface area contributed by atoms with Crippen molar-refractivity contribution in [3.63, 3.8) is 0 Å². The van der Waals surface area contributed by atoms with E-state index in [1.807, 2.05) is 0 Å². The Morgan fingerprint density at radius 2 is 1.11 bits per heavy atom. The third-order valence-electron chi connectivity index (χ3n) is 11.6. The van der Waals surface area contributed by atoms with E-state index in [-0.39, 0.29) is 11.5 Å². The van der Waals surface area contributed by atoms with E-state index in [9.17, 15) is 0 Å². The summed E-state index contributed by atoms with van der Waals surface area (Å²) in [7, 11) is 0. The number of para-hydroxylation sites is 1. The number of hydrogen-bond donors (Lipinski definition) is 0. The maximum atomic E-state index is 5.43. The second-order valence-electron chi connectivity index (χ2n) is 15.0. The van der Waals surface area contributed by atoms with Crippen molar-refractivity contribution >= 4 is 43.6 Å². The van der Waals surface area contributed by atoms with Crippen molar-refractivity contribution in [2.24, 2.45) is 0 Å². The molecule has 2 aliphatic rings. The Labute approximate surface area is 308 Å². The van der Waals surface area contributed by atoms with E-state index >= 15 is 0 Å². The van der Waals surface area contributed by atoms with Crippen LogP contribution in [-0.2, 0) is 5.41 Å². The van der Waals surface area contributed by atoms with Crippen LogP contribution in [0.1, 0.15) is 37.4 Å². The third kappa shape index (κ3) is 4.55. The maximum Gasteiger partial charge on any atom is 0.145 e. The number of hydrogen-bond acceptors (Lipinski definition) is 2. The molecule has 0 saturated carbocycles. The van der Waals surface area contributed by atoms with Gasteiger partial charge in [-0.2, -0.15) is 0 Å². The van der Waals surface area contributed by atoms with Crippen LogP contribution in [0.3, 0.4) is 0 Å². The average molecular weight is 681 g/mol. The molecule has 2 aromatic heterocycles. The highest BCUT2D eigenvalue weighted by molar-refractivity contribution is 5.98. The minimum atomic E-state index is -0.234. The highest BCUT2D eigenvalue weighted by Crippen LogP contribution is 2.52. The van der Waals surface area contributed by atoms with E-state index in [1.165, 1.54) is 49.3 Å². The lowest BCUT2D eigenvalue weighted by Gasteiger charge is -2.23. The van der Waals surface area contributed by atoms with Gasteiger partial charge in [0.2, 0.25) is 0 Å². The van der Waals surface area contributed by atoms with E-state index in [2.05, 4.69) is 187 Å². The second-order valence-corrected chi connectivity index (χ2v) is 15.0. The highest BCUT2D eigenvalue weighted by atomic mass is 15.1. The Bertz CT molecular complexity index is 3010. The van der Waals surface area contributed by atoms with Crippen LogP contribution in [0.2, 0.25) is 0 Å². The van der Waals surface area contributed by atoms with Crippen LogP contribution in [0.25, 0.3) is 83.2 Å². The number of rotatable bonds is 4. The van der Waals surface area contributed by atoms with Crippen molar-refractivity contribution in [2.75, 3.05) is 0 Å². The SMILES string of the molecule is CC1(C)c2cc3c(cc2-c2cc4nc(-c5ccc6ccccc6c5)n(C5C=CC=CC5)c4cc21)nc(-c1ccc2ccccc2c1)n3-c1ccccc1. The van der Waals surface area contributed by atoms with Crippen LogP contribution in [0.5, 0.6) is 0 Å². The van der Waals surface area contributed by atoms with Gasteiger partial charge in [-0.15, -0.1) is 0 Å². The first-order valence-corrected chi connectivity index (χ1v) is 18.5. The minimum Gasteiger partial charge on any atom is -0.317 e. The largest absolute Gasteiger partial charge is 0.317 e. The van der Waals surface area contributed by atoms with Gasteiger partial charge < -0.3 is 4.57 Å². The lowest BCUT2D eigenvalue weighted by atomic mass is 9.82. The van der Waals surface area contributed by atoms with Gasteiger partial charge >= 0.3 is 0 Å². The number of aromatic nitrogens is 4. The van der Waals surface area contributed by atoms with Gasteiger partial charge in [-0.1, -0.05) is 129 Å². The van der Waals surface area contributed by atoms with Gasteiger partial charge in [-0.3, -0.25) is 4.57 Å². The molecule has 0 spiro atoms. The smallest absolute Gasteiger partial charge is 0.145 e. The molecule has 0 N–H and O–H groups in total. The molecule has 0 radical (unpaired) electrons.